The molecular weight excluding hydrogens is 276 g/mol. The van der Waals surface area contributed by atoms with Crippen molar-refractivity contribution in [1.82, 2.24) is 0 Å². The van der Waals surface area contributed by atoms with Crippen LogP contribution in [0.3, 0.4) is 0 Å². The molecule has 0 radical (unpaired) electrons. The first-order valence-corrected chi connectivity index (χ1v) is 8.68. The van der Waals surface area contributed by atoms with Crippen molar-refractivity contribution in [2.75, 3.05) is 0 Å². The smallest absolute Gasteiger partial charge is 0.121 e. The van der Waals surface area contributed by atoms with Gasteiger partial charge >= 0.3 is 0 Å². The van der Waals surface area contributed by atoms with Crippen molar-refractivity contribution in [3.63, 3.8) is 0 Å². The summed E-state index contributed by atoms with van der Waals surface area (Å²) < 4.78 is 0. The molecule has 5 atom stereocenters. The lowest BCUT2D eigenvalue weighted by Crippen LogP contribution is -2.43. The molecule has 2 saturated carbocycles. The monoisotopic (exact) mass is 302 g/mol. The molecular formula is C19H26O3. The van der Waals surface area contributed by atoms with E-state index in [1.54, 1.807) is 0 Å². The van der Waals surface area contributed by atoms with Gasteiger partial charge in [-0.2, -0.15) is 0 Å². The van der Waals surface area contributed by atoms with Crippen LogP contribution in [0.15, 0.2) is 12.1 Å². The highest BCUT2D eigenvalue weighted by Crippen LogP contribution is 2.61. The van der Waals surface area contributed by atoms with E-state index in [2.05, 4.69) is 6.92 Å². The number of benzene rings is 1. The molecule has 1 aromatic rings. The van der Waals surface area contributed by atoms with E-state index in [0.29, 0.717) is 23.3 Å². The molecule has 3 N–H and O–H groups in total. The van der Waals surface area contributed by atoms with E-state index in [9.17, 15) is 15.3 Å². The summed E-state index contributed by atoms with van der Waals surface area (Å²) in [6, 6.07) is 3.91. The fraction of sp³-hybridized carbons (Fsp3) is 0.684. The molecule has 3 heteroatoms. The maximum Gasteiger partial charge on any atom is 0.121 e. The summed E-state index contributed by atoms with van der Waals surface area (Å²) >= 11 is 0. The lowest BCUT2D eigenvalue weighted by Gasteiger charge is -2.50. The molecule has 0 saturated heterocycles. The summed E-state index contributed by atoms with van der Waals surface area (Å²) in [5.74, 6) is 2.05. The second-order valence-corrected chi connectivity index (χ2v) is 7.89. The lowest BCUT2D eigenvalue weighted by atomic mass is 9.55. The van der Waals surface area contributed by atoms with E-state index in [4.69, 9.17) is 0 Å². The number of hydrogen-bond donors (Lipinski definition) is 3. The van der Waals surface area contributed by atoms with Crippen LogP contribution < -0.4 is 0 Å². The number of fused-ring (bicyclic) bond motifs is 5. The van der Waals surface area contributed by atoms with E-state index in [0.717, 1.165) is 32.1 Å². The first-order valence-electron chi connectivity index (χ1n) is 8.68. The molecule has 0 bridgehead atoms. The molecule has 0 spiro atoms. The molecule has 2 fully saturated rings. The van der Waals surface area contributed by atoms with Gasteiger partial charge in [-0.05, 0) is 85.0 Å². The second kappa shape index (κ2) is 4.97. The van der Waals surface area contributed by atoms with Gasteiger partial charge in [-0.3, -0.25) is 0 Å². The van der Waals surface area contributed by atoms with Crippen molar-refractivity contribution in [2.45, 2.75) is 64.1 Å². The van der Waals surface area contributed by atoms with Crippen LogP contribution in [-0.2, 0) is 13.0 Å². The first-order chi connectivity index (χ1) is 10.5. The van der Waals surface area contributed by atoms with Gasteiger partial charge in [0, 0.05) is 5.56 Å². The highest BCUT2D eigenvalue weighted by Gasteiger charge is 2.54. The standard InChI is InChI=1S/C19H26O3/c1-19-7-6-13-14(16(19)4-5-18(19)22)3-2-11-9-17(21)12(10-20)8-15(11)13/h8-9,13-14,16,18,20-22H,2-7,10H2,1H3/t13?,14?,16?,18-,19-/m0/s1. The highest BCUT2D eigenvalue weighted by molar-refractivity contribution is 5.45. The zero-order chi connectivity index (χ0) is 15.5. The quantitative estimate of drug-likeness (QED) is 0.747. The Morgan fingerprint density at radius 2 is 2.00 bits per heavy atom. The van der Waals surface area contributed by atoms with Crippen molar-refractivity contribution in [1.29, 1.82) is 0 Å². The Morgan fingerprint density at radius 3 is 2.77 bits per heavy atom. The second-order valence-electron chi connectivity index (χ2n) is 7.89. The Kier molecular flexibility index (Phi) is 3.28. The summed E-state index contributed by atoms with van der Waals surface area (Å²) in [6.07, 6.45) is 6.37. The van der Waals surface area contributed by atoms with Gasteiger partial charge in [0.15, 0.2) is 0 Å². The van der Waals surface area contributed by atoms with Crippen LogP contribution in [0.5, 0.6) is 5.75 Å². The summed E-state index contributed by atoms with van der Waals surface area (Å²) in [4.78, 5) is 0. The van der Waals surface area contributed by atoms with Crippen LogP contribution in [0.25, 0.3) is 0 Å². The molecule has 0 aliphatic heterocycles. The summed E-state index contributed by atoms with van der Waals surface area (Å²) in [5.41, 5.74) is 3.37. The topological polar surface area (TPSA) is 60.7 Å². The number of rotatable bonds is 1. The Morgan fingerprint density at radius 1 is 1.18 bits per heavy atom. The van der Waals surface area contributed by atoms with Crippen molar-refractivity contribution >= 4 is 0 Å². The molecule has 0 heterocycles. The van der Waals surface area contributed by atoms with Gasteiger partial charge in [0.2, 0.25) is 0 Å². The SMILES string of the molecule is C[C@]12CCC3c4cc(CO)c(O)cc4CCC3C1CC[C@@H]2O. The van der Waals surface area contributed by atoms with Crippen LogP contribution in [0.1, 0.15) is 61.6 Å². The molecule has 22 heavy (non-hydrogen) atoms. The number of hydrogen-bond acceptors (Lipinski definition) is 3. The van der Waals surface area contributed by atoms with Crippen LogP contribution in [0, 0.1) is 17.3 Å². The Balaban J connectivity index is 1.72. The zero-order valence-corrected chi connectivity index (χ0v) is 13.3. The van der Waals surface area contributed by atoms with E-state index in [-0.39, 0.29) is 23.9 Å². The Bertz CT molecular complexity index is 597. The van der Waals surface area contributed by atoms with Crippen LogP contribution in [0.4, 0.5) is 0 Å². The zero-order valence-electron chi connectivity index (χ0n) is 13.3. The Hall–Kier alpha value is -1.06. The van der Waals surface area contributed by atoms with Gasteiger partial charge in [-0.25, -0.2) is 0 Å². The van der Waals surface area contributed by atoms with Crippen molar-refractivity contribution < 1.29 is 15.3 Å². The van der Waals surface area contributed by atoms with Crippen LogP contribution in [-0.4, -0.2) is 21.4 Å². The molecule has 3 nitrogen and oxygen atoms in total. The molecule has 0 aromatic heterocycles. The number of aliphatic hydroxyl groups excluding tert-OH is 2. The number of aliphatic hydroxyl groups is 2. The van der Waals surface area contributed by atoms with Crippen LogP contribution >= 0.6 is 0 Å². The average molecular weight is 302 g/mol. The molecule has 120 valence electrons. The minimum absolute atomic E-state index is 0.101. The maximum atomic E-state index is 10.4. The summed E-state index contributed by atoms with van der Waals surface area (Å²) in [5, 5.41) is 29.9. The molecule has 3 aliphatic rings. The maximum absolute atomic E-state index is 10.4. The minimum atomic E-state index is -0.132. The van der Waals surface area contributed by atoms with Gasteiger partial charge < -0.3 is 15.3 Å². The molecule has 4 rings (SSSR count). The highest BCUT2D eigenvalue weighted by atomic mass is 16.3. The fourth-order valence-corrected chi connectivity index (χ4v) is 5.75. The van der Waals surface area contributed by atoms with Gasteiger partial charge in [0.1, 0.15) is 5.75 Å². The normalized spacial score (nSPS) is 40.0. The van der Waals surface area contributed by atoms with Gasteiger partial charge in [-0.15, -0.1) is 0 Å². The first kappa shape index (κ1) is 14.5. The van der Waals surface area contributed by atoms with E-state index in [1.807, 2.05) is 12.1 Å². The molecule has 3 unspecified atom stereocenters. The Labute approximate surface area is 132 Å². The third-order valence-corrected chi connectivity index (χ3v) is 7.04. The largest absolute Gasteiger partial charge is 0.508 e. The van der Waals surface area contributed by atoms with Gasteiger partial charge in [0.25, 0.3) is 0 Å². The van der Waals surface area contributed by atoms with Gasteiger partial charge in [0.05, 0.1) is 12.7 Å². The predicted molar refractivity (Wildman–Crippen MR) is 84.7 cm³/mol. The van der Waals surface area contributed by atoms with E-state index >= 15 is 0 Å². The van der Waals surface area contributed by atoms with E-state index in [1.165, 1.54) is 17.5 Å². The van der Waals surface area contributed by atoms with Crippen LogP contribution in [0.2, 0.25) is 0 Å². The lowest BCUT2D eigenvalue weighted by molar-refractivity contribution is -0.0226. The van der Waals surface area contributed by atoms with Crippen molar-refractivity contribution in [3.8, 4) is 5.75 Å². The summed E-state index contributed by atoms with van der Waals surface area (Å²) in [7, 11) is 0. The third-order valence-electron chi connectivity index (χ3n) is 7.04. The number of aromatic hydroxyl groups is 1. The molecule has 1 aromatic carbocycles. The average Bonchev–Trinajstić information content (AvgIpc) is 2.82. The summed E-state index contributed by atoms with van der Waals surface area (Å²) in [6.45, 7) is 2.19. The van der Waals surface area contributed by atoms with Crippen molar-refractivity contribution in [2.24, 2.45) is 17.3 Å². The van der Waals surface area contributed by atoms with Gasteiger partial charge in [-0.1, -0.05) is 6.92 Å². The van der Waals surface area contributed by atoms with Crippen molar-refractivity contribution in [3.05, 3.63) is 28.8 Å². The molecule has 3 aliphatic carbocycles. The number of phenols is 1. The predicted octanol–water partition coefficient (Wildman–Crippen LogP) is 3.10. The number of aryl methyl sites for hydroxylation is 1. The molecule has 0 amide bonds. The minimum Gasteiger partial charge on any atom is -0.508 e. The van der Waals surface area contributed by atoms with E-state index < -0.39 is 0 Å². The fourth-order valence-electron chi connectivity index (χ4n) is 5.75. The third kappa shape index (κ3) is 1.88.